The van der Waals surface area contributed by atoms with Crippen molar-refractivity contribution in [2.75, 3.05) is 26.7 Å². The van der Waals surface area contributed by atoms with E-state index in [0.717, 1.165) is 30.5 Å². The number of aromatic nitrogens is 1. The number of carbonyl (C=O) groups excluding carboxylic acids is 1. The largest absolute Gasteiger partial charge is 0.357 e. The van der Waals surface area contributed by atoms with Gasteiger partial charge in [0.05, 0.1) is 18.8 Å². The van der Waals surface area contributed by atoms with Crippen LogP contribution in [0.3, 0.4) is 0 Å². The Morgan fingerprint density at radius 3 is 2.76 bits per heavy atom. The summed E-state index contributed by atoms with van der Waals surface area (Å²) >= 11 is 1.84. The molecule has 2 N–H and O–H groups in total. The summed E-state index contributed by atoms with van der Waals surface area (Å²) in [6.07, 6.45) is 4.86. The average molecular weight is 366 g/mol. The topological polar surface area (TPSA) is 69.6 Å². The van der Waals surface area contributed by atoms with Gasteiger partial charge in [-0.05, 0) is 32.6 Å². The van der Waals surface area contributed by atoms with Crippen LogP contribution in [-0.4, -0.2) is 48.4 Å². The molecule has 0 spiro atoms. The van der Waals surface area contributed by atoms with Crippen LogP contribution in [0.15, 0.2) is 4.99 Å². The molecular formula is C18H31N5OS. The third-order valence-electron chi connectivity index (χ3n) is 4.16. The van der Waals surface area contributed by atoms with Gasteiger partial charge in [0.2, 0.25) is 5.91 Å². The molecule has 6 nitrogen and oxygen atoms in total. The van der Waals surface area contributed by atoms with Crippen LogP contribution in [0.1, 0.15) is 49.2 Å². The molecule has 0 atom stereocenters. The van der Waals surface area contributed by atoms with Gasteiger partial charge < -0.3 is 15.5 Å². The standard InChI is InChI=1S/C18H31N5OS/c1-5-19-18(21-11-10-20-17(24)13(2)3)23(4)12-16-22-14-8-6-7-9-15(14)25-16/h13H,5-12H2,1-4H3,(H,19,21)(H,20,24). The van der Waals surface area contributed by atoms with Crippen LogP contribution in [0.5, 0.6) is 0 Å². The zero-order valence-corrected chi connectivity index (χ0v) is 16.7. The van der Waals surface area contributed by atoms with Crippen molar-refractivity contribution in [1.29, 1.82) is 0 Å². The predicted molar refractivity (Wildman–Crippen MR) is 104 cm³/mol. The minimum Gasteiger partial charge on any atom is -0.357 e. The van der Waals surface area contributed by atoms with Gasteiger partial charge in [-0.25, -0.2) is 4.98 Å². The van der Waals surface area contributed by atoms with Crippen molar-refractivity contribution >= 4 is 23.2 Å². The quantitative estimate of drug-likeness (QED) is 0.441. The fraction of sp³-hybridized carbons (Fsp3) is 0.722. The van der Waals surface area contributed by atoms with Crippen LogP contribution < -0.4 is 10.6 Å². The molecule has 0 aromatic carbocycles. The summed E-state index contributed by atoms with van der Waals surface area (Å²) in [6, 6.07) is 0. The average Bonchev–Trinajstić information content (AvgIpc) is 2.99. The molecule has 0 radical (unpaired) electrons. The highest BCUT2D eigenvalue weighted by atomic mass is 32.1. The van der Waals surface area contributed by atoms with E-state index in [1.165, 1.54) is 29.8 Å². The van der Waals surface area contributed by atoms with Crippen molar-refractivity contribution in [1.82, 2.24) is 20.5 Å². The van der Waals surface area contributed by atoms with Crippen LogP contribution in [0.4, 0.5) is 0 Å². The maximum absolute atomic E-state index is 11.6. The van der Waals surface area contributed by atoms with Gasteiger partial charge in [0, 0.05) is 30.9 Å². The molecule has 0 unspecified atom stereocenters. The van der Waals surface area contributed by atoms with E-state index in [4.69, 9.17) is 4.98 Å². The van der Waals surface area contributed by atoms with E-state index in [0.29, 0.717) is 13.1 Å². The number of hydrogen-bond donors (Lipinski definition) is 2. The van der Waals surface area contributed by atoms with Crippen LogP contribution in [0.2, 0.25) is 0 Å². The number of aliphatic imine (C=N–C) groups is 1. The van der Waals surface area contributed by atoms with Gasteiger partial charge >= 0.3 is 0 Å². The Labute approximate surface area is 155 Å². The number of nitrogens with one attached hydrogen (secondary N) is 2. The first-order chi connectivity index (χ1) is 12.0. The van der Waals surface area contributed by atoms with Crippen molar-refractivity contribution in [3.8, 4) is 0 Å². The van der Waals surface area contributed by atoms with E-state index in [9.17, 15) is 4.79 Å². The lowest BCUT2D eigenvalue weighted by Gasteiger charge is -2.21. The summed E-state index contributed by atoms with van der Waals surface area (Å²) in [7, 11) is 2.04. The minimum absolute atomic E-state index is 0.0100. The lowest BCUT2D eigenvalue weighted by molar-refractivity contribution is -0.123. The number of amides is 1. The smallest absolute Gasteiger partial charge is 0.222 e. The number of hydrogen-bond acceptors (Lipinski definition) is 4. The van der Waals surface area contributed by atoms with Crippen molar-refractivity contribution in [3.05, 3.63) is 15.6 Å². The molecule has 1 aromatic heterocycles. The molecule has 1 heterocycles. The molecule has 0 bridgehead atoms. The number of carbonyl (C=O) groups is 1. The summed E-state index contributed by atoms with van der Waals surface area (Å²) in [4.78, 5) is 24.6. The number of thiazole rings is 1. The predicted octanol–water partition coefficient (Wildman–Crippen LogP) is 2.19. The van der Waals surface area contributed by atoms with E-state index in [1.54, 1.807) is 0 Å². The molecule has 1 aliphatic carbocycles. The SMILES string of the molecule is CCNC(=NCCNC(=O)C(C)C)N(C)Cc1nc2c(s1)CCCC2. The molecule has 1 aliphatic rings. The molecule has 0 fully saturated rings. The number of rotatable bonds is 7. The van der Waals surface area contributed by atoms with Crippen molar-refractivity contribution < 1.29 is 4.79 Å². The molecule has 0 saturated carbocycles. The van der Waals surface area contributed by atoms with Gasteiger partial charge in [-0.2, -0.15) is 0 Å². The molecule has 1 aromatic rings. The van der Waals surface area contributed by atoms with E-state index in [1.807, 2.05) is 32.2 Å². The van der Waals surface area contributed by atoms with Gasteiger partial charge in [-0.1, -0.05) is 13.8 Å². The Morgan fingerprint density at radius 1 is 1.32 bits per heavy atom. The van der Waals surface area contributed by atoms with Crippen LogP contribution in [0, 0.1) is 5.92 Å². The zero-order valence-electron chi connectivity index (χ0n) is 15.9. The van der Waals surface area contributed by atoms with E-state index in [-0.39, 0.29) is 11.8 Å². The van der Waals surface area contributed by atoms with Gasteiger partial charge in [-0.15, -0.1) is 11.3 Å². The molecule has 0 aliphatic heterocycles. The number of aryl methyl sites for hydroxylation is 2. The zero-order chi connectivity index (χ0) is 18.2. The van der Waals surface area contributed by atoms with E-state index >= 15 is 0 Å². The summed E-state index contributed by atoms with van der Waals surface area (Å²) < 4.78 is 0. The summed E-state index contributed by atoms with van der Waals surface area (Å²) in [5, 5.41) is 7.37. The lowest BCUT2D eigenvalue weighted by Crippen LogP contribution is -2.39. The Balaban J connectivity index is 1.90. The highest BCUT2D eigenvalue weighted by Crippen LogP contribution is 2.27. The van der Waals surface area contributed by atoms with Gasteiger partial charge in [0.25, 0.3) is 0 Å². The molecular weight excluding hydrogens is 334 g/mol. The van der Waals surface area contributed by atoms with Gasteiger partial charge in [-0.3, -0.25) is 9.79 Å². The fourth-order valence-electron chi connectivity index (χ4n) is 2.77. The van der Waals surface area contributed by atoms with Crippen LogP contribution >= 0.6 is 11.3 Å². The normalized spacial score (nSPS) is 14.4. The van der Waals surface area contributed by atoms with E-state index < -0.39 is 0 Å². The van der Waals surface area contributed by atoms with Crippen molar-refractivity contribution in [2.24, 2.45) is 10.9 Å². The highest BCUT2D eigenvalue weighted by Gasteiger charge is 2.16. The maximum atomic E-state index is 11.6. The number of fused-ring (bicyclic) bond motifs is 1. The first-order valence-corrected chi connectivity index (χ1v) is 10.1. The minimum atomic E-state index is 0.0100. The monoisotopic (exact) mass is 365 g/mol. The second kappa shape index (κ2) is 9.75. The molecule has 7 heteroatoms. The van der Waals surface area contributed by atoms with Gasteiger partial charge in [0.1, 0.15) is 5.01 Å². The van der Waals surface area contributed by atoms with E-state index in [2.05, 4.69) is 27.4 Å². The molecule has 140 valence electrons. The second-order valence-electron chi connectivity index (χ2n) is 6.72. The van der Waals surface area contributed by atoms with Crippen molar-refractivity contribution in [3.63, 3.8) is 0 Å². The summed E-state index contributed by atoms with van der Waals surface area (Å²) in [5.41, 5.74) is 1.30. The van der Waals surface area contributed by atoms with Crippen LogP contribution in [-0.2, 0) is 24.2 Å². The fourth-order valence-corrected chi connectivity index (χ4v) is 3.98. The van der Waals surface area contributed by atoms with Crippen molar-refractivity contribution in [2.45, 2.75) is 53.0 Å². The Kier molecular flexibility index (Phi) is 7.68. The third-order valence-corrected chi connectivity index (χ3v) is 5.30. The molecule has 2 rings (SSSR count). The van der Waals surface area contributed by atoms with Crippen LogP contribution in [0.25, 0.3) is 0 Å². The highest BCUT2D eigenvalue weighted by molar-refractivity contribution is 7.11. The number of guanidine groups is 1. The van der Waals surface area contributed by atoms with Gasteiger partial charge in [0.15, 0.2) is 5.96 Å². The first kappa shape index (κ1) is 19.7. The number of nitrogens with zero attached hydrogens (tertiary/aromatic N) is 3. The Hall–Kier alpha value is -1.63. The molecule has 25 heavy (non-hydrogen) atoms. The summed E-state index contributed by atoms with van der Waals surface area (Å²) in [6.45, 7) is 8.56. The lowest BCUT2D eigenvalue weighted by atomic mass is 10.0. The molecule has 1 amide bonds. The Bertz CT molecular complexity index is 573. The Morgan fingerprint density at radius 2 is 2.08 bits per heavy atom. The second-order valence-corrected chi connectivity index (χ2v) is 7.89. The summed E-state index contributed by atoms with van der Waals surface area (Å²) in [5.74, 6) is 0.937. The molecule has 0 saturated heterocycles. The first-order valence-electron chi connectivity index (χ1n) is 9.25. The maximum Gasteiger partial charge on any atom is 0.222 e. The third kappa shape index (κ3) is 5.99.